The summed E-state index contributed by atoms with van der Waals surface area (Å²) in [6.07, 6.45) is 1.68. The maximum Gasteiger partial charge on any atom is 0.222 e. The Kier molecular flexibility index (Phi) is 2.28. The summed E-state index contributed by atoms with van der Waals surface area (Å²) in [5.41, 5.74) is 7.09. The fourth-order valence-electron chi connectivity index (χ4n) is 1.03. The SMILES string of the molecule is CNc1nccc(-c2csc(N)n2)n1. The van der Waals surface area contributed by atoms with Gasteiger partial charge in [-0.05, 0) is 6.07 Å². The van der Waals surface area contributed by atoms with E-state index in [1.807, 2.05) is 5.38 Å². The maximum absolute atomic E-state index is 5.53. The Labute approximate surface area is 85.0 Å². The van der Waals surface area contributed by atoms with Crippen molar-refractivity contribution in [3.05, 3.63) is 17.6 Å². The van der Waals surface area contributed by atoms with Crippen molar-refractivity contribution in [1.29, 1.82) is 0 Å². The molecule has 2 rings (SSSR count). The molecule has 0 aliphatic rings. The molecule has 72 valence electrons. The molecule has 3 N–H and O–H groups in total. The number of aromatic nitrogens is 3. The number of rotatable bonds is 2. The van der Waals surface area contributed by atoms with Gasteiger partial charge in [-0.2, -0.15) is 0 Å². The highest BCUT2D eigenvalue weighted by molar-refractivity contribution is 7.13. The lowest BCUT2D eigenvalue weighted by Gasteiger charge is -1.99. The normalized spacial score (nSPS) is 10.1. The predicted octanol–water partition coefficient (Wildman–Crippen LogP) is 1.22. The monoisotopic (exact) mass is 207 g/mol. The summed E-state index contributed by atoms with van der Waals surface area (Å²) >= 11 is 1.40. The molecule has 2 aromatic heterocycles. The van der Waals surface area contributed by atoms with Crippen molar-refractivity contribution in [3.63, 3.8) is 0 Å². The molecule has 0 spiro atoms. The van der Waals surface area contributed by atoms with Gasteiger partial charge in [-0.1, -0.05) is 0 Å². The molecule has 0 aliphatic carbocycles. The van der Waals surface area contributed by atoms with Crippen molar-refractivity contribution in [1.82, 2.24) is 15.0 Å². The Hall–Kier alpha value is -1.69. The summed E-state index contributed by atoms with van der Waals surface area (Å²) in [5, 5.41) is 5.28. The summed E-state index contributed by atoms with van der Waals surface area (Å²) in [7, 11) is 1.77. The van der Waals surface area contributed by atoms with E-state index in [4.69, 9.17) is 5.73 Å². The number of nitrogens with zero attached hydrogens (tertiary/aromatic N) is 3. The van der Waals surface area contributed by atoms with Crippen LogP contribution in [0.3, 0.4) is 0 Å². The van der Waals surface area contributed by atoms with Crippen LogP contribution in [0.15, 0.2) is 17.6 Å². The van der Waals surface area contributed by atoms with E-state index in [9.17, 15) is 0 Å². The molecule has 0 aliphatic heterocycles. The average molecular weight is 207 g/mol. The smallest absolute Gasteiger partial charge is 0.222 e. The average Bonchev–Trinajstić information content (AvgIpc) is 2.65. The summed E-state index contributed by atoms with van der Waals surface area (Å²) in [6.45, 7) is 0. The zero-order chi connectivity index (χ0) is 9.97. The van der Waals surface area contributed by atoms with Gasteiger partial charge in [-0.3, -0.25) is 0 Å². The number of nitrogen functional groups attached to an aromatic ring is 1. The van der Waals surface area contributed by atoms with Gasteiger partial charge in [0, 0.05) is 18.6 Å². The van der Waals surface area contributed by atoms with Crippen LogP contribution < -0.4 is 11.1 Å². The van der Waals surface area contributed by atoms with Crippen molar-refractivity contribution >= 4 is 22.4 Å². The van der Waals surface area contributed by atoms with Crippen LogP contribution in [0, 0.1) is 0 Å². The van der Waals surface area contributed by atoms with E-state index in [1.165, 1.54) is 11.3 Å². The van der Waals surface area contributed by atoms with E-state index >= 15 is 0 Å². The van der Waals surface area contributed by atoms with Crippen LogP contribution in [-0.4, -0.2) is 22.0 Å². The Morgan fingerprint density at radius 2 is 2.21 bits per heavy atom. The van der Waals surface area contributed by atoms with E-state index in [0.29, 0.717) is 11.1 Å². The van der Waals surface area contributed by atoms with Gasteiger partial charge in [0.15, 0.2) is 5.13 Å². The van der Waals surface area contributed by atoms with Crippen LogP contribution in [-0.2, 0) is 0 Å². The first-order valence-corrected chi connectivity index (χ1v) is 4.90. The molecule has 0 atom stereocenters. The Bertz CT molecular complexity index is 439. The van der Waals surface area contributed by atoms with Crippen LogP contribution >= 0.6 is 11.3 Å². The van der Waals surface area contributed by atoms with E-state index < -0.39 is 0 Å². The van der Waals surface area contributed by atoms with Crippen LogP contribution in [0.25, 0.3) is 11.4 Å². The molecule has 0 bridgehead atoms. The molecule has 0 amide bonds. The van der Waals surface area contributed by atoms with Crippen LogP contribution in [0.1, 0.15) is 0 Å². The quantitative estimate of drug-likeness (QED) is 0.774. The second-order valence-corrected chi connectivity index (χ2v) is 3.48. The van der Waals surface area contributed by atoms with Gasteiger partial charge in [0.1, 0.15) is 5.69 Å². The molecule has 14 heavy (non-hydrogen) atoms. The van der Waals surface area contributed by atoms with Crippen molar-refractivity contribution in [3.8, 4) is 11.4 Å². The lowest BCUT2D eigenvalue weighted by Crippen LogP contribution is -1.96. The molecule has 6 heteroatoms. The second kappa shape index (κ2) is 3.59. The summed E-state index contributed by atoms with van der Waals surface area (Å²) < 4.78 is 0. The zero-order valence-electron chi connectivity index (χ0n) is 7.56. The molecule has 2 heterocycles. The first-order valence-electron chi connectivity index (χ1n) is 4.02. The highest BCUT2D eigenvalue weighted by Gasteiger charge is 2.04. The van der Waals surface area contributed by atoms with E-state index in [-0.39, 0.29) is 0 Å². The topological polar surface area (TPSA) is 76.7 Å². The highest BCUT2D eigenvalue weighted by Crippen LogP contribution is 2.21. The third-order valence-corrected chi connectivity index (χ3v) is 2.34. The van der Waals surface area contributed by atoms with Crippen molar-refractivity contribution < 1.29 is 0 Å². The van der Waals surface area contributed by atoms with Crippen LogP contribution in [0.2, 0.25) is 0 Å². The number of anilines is 2. The number of nitrogens with two attached hydrogens (primary N) is 1. The van der Waals surface area contributed by atoms with Gasteiger partial charge in [-0.15, -0.1) is 11.3 Å². The van der Waals surface area contributed by atoms with Crippen LogP contribution in [0.5, 0.6) is 0 Å². The number of thiazole rings is 1. The Morgan fingerprint density at radius 1 is 1.36 bits per heavy atom. The van der Waals surface area contributed by atoms with Crippen molar-refractivity contribution in [2.45, 2.75) is 0 Å². The molecule has 0 unspecified atom stereocenters. The minimum atomic E-state index is 0.546. The van der Waals surface area contributed by atoms with E-state index in [0.717, 1.165) is 11.4 Å². The first-order chi connectivity index (χ1) is 6.79. The molecule has 0 saturated carbocycles. The fourth-order valence-corrected chi connectivity index (χ4v) is 1.58. The largest absolute Gasteiger partial charge is 0.375 e. The standard InChI is InChI=1S/C8H9N5S/c1-10-8-11-3-2-5(13-8)6-4-14-7(9)12-6/h2-4H,1H3,(H2,9,12)(H,10,11,13). The molecule has 0 saturated heterocycles. The number of hydrogen-bond acceptors (Lipinski definition) is 6. The summed E-state index contributed by atoms with van der Waals surface area (Å²) in [6, 6.07) is 1.80. The third kappa shape index (κ3) is 1.64. The van der Waals surface area contributed by atoms with Gasteiger partial charge in [0.05, 0.1) is 5.69 Å². The lowest BCUT2D eigenvalue weighted by molar-refractivity contribution is 1.15. The molecular formula is C8H9N5S. The molecular weight excluding hydrogens is 198 g/mol. The molecule has 0 fully saturated rings. The number of hydrogen-bond donors (Lipinski definition) is 2. The summed E-state index contributed by atoms with van der Waals surface area (Å²) in [4.78, 5) is 12.4. The fraction of sp³-hybridized carbons (Fsp3) is 0.125. The molecule has 0 aromatic carbocycles. The van der Waals surface area contributed by atoms with Gasteiger partial charge in [0.2, 0.25) is 5.95 Å². The number of nitrogens with one attached hydrogen (secondary N) is 1. The van der Waals surface area contributed by atoms with E-state index in [1.54, 1.807) is 19.3 Å². The van der Waals surface area contributed by atoms with Gasteiger partial charge in [-0.25, -0.2) is 15.0 Å². The van der Waals surface area contributed by atoms with E-state index in [2.05, 4.69) is 20.3 Å². The van der Waals surface area contributed by atoms with Gasteiger partial charge < -0.3 is 11.1 Å². The lowest BCUT2D eigenvalue weighted by atomic mass is 10.3. The minimum absolute atomic E-state index is 0.546. The highest BCUT2D eigenvalue weighted by atomic mass is 32.1. The van der Waals surface area contributed by atoms with Crippen molar-refractivity contribution in [2.24, 2.45) is 0 Å². The summed E-state index contributed by atoms with van der Waals surface area (Å²) in [5.74, 6) is 0.578. The van der Waals surface area contributed by atoms with Crippen LogP contribution in [0.4, 0.5) is 11.1 Å². The zero-order valence-corrected chi connectivity index (χ0v) is 8.38. The molecule has 2 aromatic rings. The molecule has 5 nitrogen and oxygen atoms in total. The molecule has 0 radical (unpaired) electrons. The Morgan fingerprint density at radius 3 is 2.86 bits per heavy atom. The minimum Gasteiger partial charge on any atom is -0.375 e. The van der Waals surface area contributed by atoms with Gasteiger partial charge in [0.25, 0.3) is 0 Å². The maximum atomic E-state index is 5.53. The second-order valence-electron chi connectivity index (χ2n) is 2.59. The Balaban J connectivity index is 2.41. The first kappa shape index (κ1) is 8.89. The third-order valence-electron chi connectivity index (χ3n) is 1.66. The predicted molar refractivity (Wildman–Crippen MR) is 57.1 cm³/mol. The van der Waals surface area contributed by atoms with Gasteiger partial charge >= 0.3 is 0 Å². The van der Waals surface area contributed by atoms with Crippen molar-refractivity contribution in [2.75, 3.05) is 18.1 Å².